The van der Waals surface area contributed by atoms with Crippen LogP contribution in [-0.4, -0.2) is 5.11 Å². The van der Waals surface area contributed by atoms with Crippen LogP contribution in [0, 0.1) is 5.92 Å². The van der Waals surface area contributed by atoms with Crippen molar-refractivity contribution < 1.29 is 5.11 Å². The van der Waals surface area contributed by atoms with Gasteiger partial charge in [0.25, 0.3) is 0 Å². The lowest BCUT2D eigenvalue weighted by Crippen LogP contribution is -1.87. The molecule has 1 aliphatic carbocycles. The van der Waals surface area contributed by atoms with E-state index >= 15 is 0 Å². The van der Waals surface area contributed by atoms with Crippen LogP contribution in [0.4, 0.5) is 0 Å². The van der Waals surface area contributed by atoms with Crippen LogP contribution in [0.15, 0.2) is 18.2 Å². The number of aromatic hydroxyl groups is 1. The van der Waals surface area contributed by atoms with Crippen LogP contribution in [0.2, 0.25) is 5.02 Å². The molecule has 1 N–H and O–H groups in total. The first-order valence-corrected chi connectivity index (χ1v) is 4.61. The Balaban J connectivity index is 2.21. The van der Waals surface area contributed by atoms with Crippen molar-refractivity contribution in [2.45, 2.75) is 19.3 Å². The number of halogens is 1. The summed E-state index contributed by atoms with van der Waals surface area (Å²) in [5.74, 6) is 1.17. The molecular formula is C10H11ClO. The van der Waals surface area contributed by atoms with Crippen LogP contribution in [0.3, 0.4) is 0 Å². The highest BCUT2D eigenvalue weighted by molar-refractivity contribution is 6.30. The molecule has 0 heterocycles. The van der Waals surface area contributed by atoms with E-state index in [1.54, 1.807) is 12.1 Å². The topological polar surface area (TPSA) is 20.2 Å². The third-order valence-corrected chi connectivity index (χ3v) is 2.48. The van der Waals surface area contributed by atoms with Crippen molar-refractivity contribution in [1.29, 1.82) is 0 Å². The molecule has 1 saturated carbocycles. The summed E-state index contributed by atoms with van der Waals surface area (Å²) in [6.07, 6.45) is 3.57. The number of phenols is 1. The maximum atomic E-state index is 9.45. The highest BCUT2D eigenvalue weighted by Crippen LogP contribution is 2.35. The second-order valence-corrected chi connectivity index (χ2v) is 3.86. The molecule has 0 amide bonds. The van der Waals surface area contributed by atoms with Crippen LogP contribution in [0.25, 0.3) is 0 Å². The fourth-order valence-corrected chi connectivity index (χ4v) is 1.55. The summed E-state index contributed by atoms with van der Waals surface area (Å²) in [5, 5.41) is 10.2. The van der Waals surface area contributed by atoms with Crippen LogP contribution >= 0.6 is 11.6 Å². The molecule has 0 unspecified atom stereocenters. The Kier molecular flexibility index (Phi) is 1.97. The molecule has 1 fully saturated rings. The van der Waals surface area contributed by atoms with E-state index in [0.717, 1.165) is 17.9 Å². The zero-order chi connectivity index (χ0) is 8.55. The zero-order valence-corrected chi connectivity index (χ0v) is 7.51. The van der Waals surface area contributed by atoms with Gasteiger partial charge in [0.15, 0.2) is 0 Å². The predicted molar refractivity (Wildman–Crippen MR) is 49.5 cm³/mol. The van der Waals surface area contributed by atoms with E-state index in [9.17, 15) is 5.11 Å². The maximum Gasteiger partial charge on any atom is 0.118 e. The van der Waals surface area contributed by atoms with Crippen molar-refractivity contribution in [3.63, 3.8) is 0 Å². The Labute approximate surface area is 77.0 Å². The van der Waals surface area contributed by atoms with Crippen molar-refractivity contribution in [1.82, 2.24) is 0 Å². The smallest absolute Gasteiger partial charge is 0.118 e. The van der Waals surface area contributed by atoms with E-state index in [0.29, 0.717) is 10.8 Å². The first kappa shape index (κ1) is 7.93. The van der Waals surface area contributed by atoms with E-state index in [1.807, 2.05) is 6.07 Å². The molecule has 64 valence electrons. The summed E-state index contributed by atoms with van der Waals surface area (Å²) < 4.78 is 0. The number of hydrogen-bond acceptors (Lipinski definition) is 1. The van der Waals surface area contributed by atoms with Gasteiger partial charge in [-0.3, -0.25) is 0 Å². The fourth-order valence-electron chi connectivity index (χ4n) is 1.35. The van der Waals surface area contributed by atoms with Gasteiger partial charge in [0.1, 0.15) is 5.75 Å². The van der Waals surface area contributed by atoms with Gasteiger partial charge in [-0.25, -0.2) is 0 Å². The van der Waals surface area contributed by atoms with Gasteiger partial charge in [-0.15, -0.1) is 0 Å². The Morgan fingerprint density at radius 1 is 1.42 bits per heavy atom. The van der Waals surface area contributed by atoms with Crippen molar-refractivity contribution in [2.75, 3.05) is 0 Å². The molecule has 2 rings (SSSR count). The highest BCUT2D eigenvalue weighted by atomic mass is 35.5. The standard InChI is InChI=1S/C10H11ClO/c11-9-3-4-10(12)8(6-9)5-7-1-2-7/h3-4,6-7,12H,1-2,5H2. The molecule has 0 radical (unpaired) electrons. The normalized spacial score (nSPS) is 16.4. The number of hydrogen-bond donors (Lipinski definition) is 1. The van der Waals surface area contributed by atoms with Gasteiger partial charge in [0.05, 0.1) is 0 Å². The van der Waals surface area contributed by atoms with E-state index in [2.05, 4.69) is 0 Å². The minimum atomic E-state index is 0.381. The Hall–Kier alpha value is -0.690. The van der Waals surface area contributed by atoms with Crippen molar-refractivity contribution in [3.05, 3.63) is 28.8 Å². The molecule has 0 aliphatic heterocycles. The predicted octanol–water partition coefficient (Wildman–Crippen LogP) is 3.00. The molecule has 1 aromatic carbocycles. The monoisotopic (exact) mass is 182 g/mol. The molecule has 0 saturated heterocycles. The van der Waals surface area contributed by atoms with Crippen molar-refractivity contribution in [3.8, 4) is 5.75 Å². The quantitative estimate of drug-likeness (QED) is 0.746. The van der Waals surface area contributed by atoms with Crippen LogP contribution in [-0.2, 0) is 6.42 Å². The molecule has 0 bridgehead atoms. The van der Waals surface area contributed by atoms with Gasteiger partial charge >= 0.3 is 0 Å². The third kappa shape index (κ3) is 1.72. The van der Waals surface area contributed by atoms with Gasteiger partial charge in [0.2, 0.25) is 0 Å². The molecule has 2 heteroatoms. The SMILES string of the molecule is Oc1ccc(Cl)cc1CC1CC1. The van der Waals surface area contributed by atoms with E-state index < -0.39 is 0 Å². The average molecular weight is 183 g/mol. The summed E-state index contributed by atoms with van der Waals surface area (Å²) in [7, 11) is 0. The number of benzene rings is 1. The third-order valence-electron chi connectivity index (χ3n) is 2.25. The van der Waals surface area contributed by atoms with Gasteiger partial charge < -0.3 is 5.11 Å². The first-order chi connectivity index (χ1) is 5.75. The minimum absolute atomic E-state index is 0.381. The average Bonchev–Trinajstić information content (AvgIpc) is 2.81. The van der Waals surface area contributed by atoms with E-state index in [1.165, 1.54) is 12.8 Å². The minimum Gasteiger partial charge on any atom is -0.508 e. The second-order valence-electron chi connectivity index (χ2n) is 3.42. The summed E-state index contributed by atoms with van der Waals surface area (Å²) in [6, 6.07) is 5.24. The number of phenolic OH excluding ortho intramolecular Hbond substituents is 1. The molecule has 0 atom stereocenters. The summed E-state index contributed by atoms with van der Waals surface area (Å²) >= 11 is 5.81. The Bertz CT molecular complexity index is 292. The van der Waals surface area contributed by atoms with Crippen molar-refractivity contribution >= 4 is 11.6 Å². The lowest BCUT2D eigenvalue weighted by molar-refractivity contribution is 0.466. The van der Waals surface area contributed by atoms with Gasteiger partial charge in [-0.1, -0.05) is 11.6 Å². The zero-order valence-electron chi connectivity index (χ0n) is 6.76. The summed E-state index contributed by atoms with van der Waals surface area (Å²) in [6.45, 7) is 0. The van der Waals surface area contributed by atoms with Crippen LogP contribution in [0.1, 0.15) is 18.4 Å². The molecule has 12 heavy (non-hydrogen) atoms. The first-order valence-electron chi connectivity index (χ1n) is 4.23. The molecule has 0 aromatic heterocycles. The fraction of sp³-hybridized carbons (Fsp3) is 0.400. The molecule has 1 nitrogen and oxygen atoms in total. The Morgan fingerprint density at radius 2 is 2.17 bits per heavy atom. The van der Waals surface area contributed by atoms with Crippen LogP contribution < -0.4 is 0 Å². The lowest BCUT2D eigenvalue weighted by Gasteiger charge is -2.02. The van der Waals surface area contributed by atoms with E-state index in [-0.39, 0.29) is 0 Å². The lowest BCUT2D eigenvalue weighted by atomic mass is 10.1. The van der Waals surface area contributed by atoms with Gasteiger partial charge in [0, 0.05) is 5.02 Å². The molecule has 1 aromatic rings. The van der Waals surface area contributed by atoms with Crippen molar-refractivity contribution in [2.24, 2.45) is 5.92 Å². The second kappa shape index (κ2) is 2.98. The molecule has 1 aliphatic rings. The largest absolute Gasteiger partial charge is 0.508 e. The van der Waals surface area contributed by atoms with Gasteiger partial charge in [-0.05, 0) is 48.9 Å². The Morgan fingerprint density at radius 3 is 2.83 bits per heavy atom. The van der Waals surface area contributed by atoms with E-state index in [4.69, 9.17) is 11.6 Å². The number of rotatable bonds is 2. The van der Waals surface area contributed by atoms with Crippen LogP contribution in [0.5, 0.6) is 5.75 Å². The maximum absolute atomic E-state index is 9.45. The summed E-state index contributed by atoms with van der Waals surface area (Å²) in [4.78, 5) is 0. The summed E-state index contributed by atoms with van der Waals surface area (Å²) in [5.41, 5.74) is 0.991. The molecule has 0 spiro atoms. The highest BCUT2D eigenvalue weighted by Gasteiger charge is 2.22. The van der Waals surface area contributed by atoms with Gasteiger partial charge in [-0.2, -0.15) is 0 Å². The molecular weight excluding hydrogens is 172 g/mol.